The van der Waals surface area contributed by atoms with Gasteiger partial charge in [-0.05, 0) is 85.7 Å². The van der Waals surface area contributed by atoms with E-state index in [0.29, 0.717) is 24.5 Å². The molecule has 0 unspecified atom stereocenters. The normalized spacial score (nSPS) is 25.4. The van der Waals surface area contributed by atoms with Crippen LogP contribution in [0.4, 0.5) is 14.0 Å². The van der Waals surface area contributed by atoms with Crippen LogP contribution in [-0.2, 0) is 4.74 Å². The smallest absolute Gasteiger partial charge is 0.428 e. The molecule has 1 aromatic rings. The van der Waals surface area contributed by atoms with E-state index in [1.54, 1.807) is 13.1 Å². The van der Waals surface area contributed by atoms with E-state index in [-0.39, 0.29) is 17.9 Å². The van der Waals surface area contributed by atoms with E-state index in [1.165, 1.54) is 12.1 Å². The number of benzene rings is 1. The maximum Gasteiger partial charge on any atom is 0.428 e. The van der Waals surface area contributed by atoms with Crippen molar-refractivity contribution in [2.45, 2.75) is 50.7 Å². The number of carbonyl (C=O) groups is 2. The third kappa shape index (κ3) is 4.56. The van der Waals surface area contributed by atoms with Gasteiger partial charge in [-0.2, -0.15) is 5.10 Å². The molecule has 1 spiro atoms. The minimum Gasteiger partial charge on any atom is -0.435 e. The summed E-state index contributed by atoms with van der Waals surface area (Å²) in [6, 6.07) is 4.38. The number of ether oxygens (including phenoxy) is 1. The third-order valence-corrected chi connectivity index (χ3v) is 6.26. The van der Waals surface area contributed by atoms with Gasteiger partial charge in [-0.25, -0.2) is 19.4 Å². The molecule has 1 aromatic carbocycles. The second-order valence-electron chi connectivity index (χ2n) is 7.38. The highest BCUT2D eigenvalue weighted by molar-refractivity contribution is 14.1. The number of halogens is 2. The molecule has 3 rings (SSSR count). The van der Waals surface area contributed by atoms with Crippen LogP contribution in [0.25, 0.3) is 0 Å². The Morgan fingerprint density at radius 2 is 2.18 bits per heavy atom. The van der Waals surface area contributed by atoms with Crippen molar-refractivity contribution in [2.24, 2.45) is 11.0 Å². The molecule has 0 bridgehead atoms. The van der Waals surface area contributed by atoms with Crippen LogP contribution in [0.1, 0.15) is 44.6 Å². The fourth-order valence-corrected chi connectivity index (χ4v) is 4.75. The summed E-state index contributed by atoms with van der Waals surface area (Å²) in [6.07, 6.45) is 3.28. The maximum absolute atomic E-state index is 13.5. The monoisotopic (exact) mass is 502 g/mol. The summed E-state index contributed by atoms with van der Waals surface area (Å²) in [6.45, 7) is 1.98. The molecule has 1 heterocycles. The SMILES string of the molecule is CNC(=O)N[C@@H](C)CC1CCC2(CC1)OC(=O)NN=C2c1ccc(F)cc1I. The molecule has 1 aliphatic heterocycles. The number of nitrogens with one attached hydrogen (secondary N) is 3. The average molecular weight is 502 g/mol. The Morgan fingerprint density at radius 3 is 2.82 bits per heavy atom. The van der Waals surface area contributed by atoms with Crippen LogP contribution in [0.15, 0.2) is 23.3 Å². The van der Waals surface area contributed by atoms with Gasteiger partial charge in [0.05, 0.1) is 0 Å². The van der Waals surface area contributed by atoms with Crippen molar-refractivity contribution in [2.75, 3.05) is 7.05 Å². The highest BCUT2D eigenvalue weighted by Crippen LogP contribution is 2.41. The second-order valence-corrected chi connectivity index (χ2v) is 8.55. The molecule has 9 heteroatoms. The average Bonchev–Trinajstić information content (AvgIpc) is 2.64. The van der Waals surface area contributed by atoms with Gasteiger partial charge in [0.25, 0.3) is 0 Å². The first-order valence-corrected chi connectivity index (χ1v) is 10.4. The van der Waals surface area contributed by atoms with E-state index >= 15 is 0 Å². The molecule has 3 N–H and O–H groups in total. The zero-order chi connectivity index (χ0) is 20.3. The molecule has 1 aliphatic carbocycles. The Balaban J connectivity index is 1.73. The summed E-state index contributed by atoms with van der Waals surface area (Å²) in [5.74, 6) is 0.102. The van der Waals surface area contributed by atoms with Crippen LogP contribution < -0.4 is 16.1 Å². The van der Waals surface area contributed by atoms with Crippen molar-refractivity contribution in [1.29, 1.82) is 0 Å². The molecule has 1 atom stereocenters. The maximum atomic E-state index is 13.5. The molecule has 3 amide bonds. The molecule has 1 fully saturated rings. The minimum atomic E-state index is -0.798. The number of carbonyl (C=O) groups excluding carboxylic acids is 2. The lowest BCUT2D eigenvalue weighted by Crippen LogP contribution is -2.52. The molecule has 152 valence electrons. The summed E-state index contributed by atoms with van der Waals surface area (Å²) in [5.41, 5.74) is 3.01. The van der Waals surface area contributed by atoms with Gasteiger partial charge >= 0.3 is 12.1 Å². The van der Waals surface area contributed by atoms with E-state index in [2.05, 4.69) is 43.8 Å². The van der Waals surface area contributed by atoms with Crippen LogP contribution in [-0.4, -0.2) is 36.5 Å². The van der Waals surface area contributed by atoms with Gasteiger partial charge in [-0.1, -0.05) is 0 Å². The summed E-state index contributed by atoms with van der Waals surface area (Å²) >= 11 is 2.07. The Bertz CT molecular complexity index is 793. The van der Waals surface area contributed by atoms with Crippen LogP contribution >= 0.6 is 22.6 Å². The minimum absolute atomic E-state index is 0.0563. The van der Waals surface area contributed by atoms with E-state index < -0.39 is 11.7 Å². The molecule has 28 heavy (non-hydrogen) atoms. The van der Waals surface area contributed by atoms with E-state index in [4.69, 9.17) is 4.74 Å². The molecule has 0 radical (unpaired) electrons. The number of hydrogen-bond donors (Lipinski definition) is 3. The zero-order valence-corrected chi connectivity index (χ0v) is 18.0. The molecule has 7 nitrogen and oxygen atoms in total. The van der Waals surface area contributed by atoms with Gasteiger partial charge in [0.2, 0.25) is 0 Å². The Hall–Kier alpha value is -1.91. The fraction of sp³-hybridized carbons (Fsp3) is 0.526. The number of amides is 3. The lowest BCUT2D eigenvalue weighted by Gasteiger charge is -2.42. The molecular formula is C19H24FIN4O3. The van der Waals surface area contributed by atoms with Crippen LogP contribution in [0, 0.1) is 15.3 Å². The number of nitrogens with zero attached hydrogens (tertiary/aromatic N) is 1. The number of rotatable bonds is 4. The molecular weight excluding hydrogens is 478 g/mol. The van der Waals surface area contributed by atoms with Crippen LogP contribution in [0.2, 0.25) is 0 Å². The van der Waals surface area contributed by atoms with Crippen LogP contribution in [0.5, 0.6) is 0 Å². The Labute approximate surface area is 177 Å². The highest BCUT2D eigenvalue weighted by atomic mass is 127. The van der Waals surface area contributed by atoms with Crippen molar-refractivity contribution in [3.8, 4) is 0 Å². The summed E-state index contributed by atoms with van der Waals surface area (Å²) in [7, 11) is 1.59. The third-order valence-electron chi connectivity index (χ3n) is 5.37. The summed E-state index contributed by atoms with van der Waals surface area (Å²) in [4.78, 5) is 23.4. The van der Waals surface area contributed by atoms with Crippen molar-refractivity contribution >= 4 is 40.4 Å². The van der Waals surface area contributed by atoms with Gasteiger partial charge < -0.3 is 15.4 Å². The number of hydrogen-bond acceptors (Lipinski definition) is 4. The van der Waals surface area contributed by atoms with Gasteiger partial charge in [-0.3, -0.25) is 0 Å². The fourth-order valence-electron chi connectivity index (χ4n) is 4.01. The van der Waals surface area contributed by atoms with E-state index in [1.807, 2.05) is 6.92 Å². The van der Waals surface area contributed by atoms with E-state index in [0.717, 1.165) is 28.4 Å². The first-order valence-electron chi connectivity index (χ1n) is 9.34. The quantitative estimate of drug-likeness (QED) is 0.551. The molecule has 0 saturated heterocycles. The van der Waals surface area contributed by atoms with Crippen molar-refractivity contribution < 1.29 is 18.7 Å². The van der Waals surface area contributed by atoms with Gasteiger partial charge in [-0.15, -0.1) is 0 Å². The zero-order valence-electron chi connectivity index (χ0n) is 15.9. The summed E-state index contributed by atoms with van der Waals surface area (Å²) in [5, 5.41) is 9.74. The van der Waals surface area contributed by atoms with Crippen molar-refractivity contribution in [3.05, 3.63) is 33.1 Å². The Morgan fingerprint density at radius 1 is 1.46 bits per heavy atom. The number of urea groups is 1. The second kappa shape index (κ2) is 8.62. The van der Waals surface area contributed by atoms with Crippen molar-refractivity contribution in [3.63, 3.8) is 0 Å². The predicted octanol–water partition coefficient (Wildman–Crippen LogP) is 3.51. The van der Waals surface area contributed by atoms with Gasteiger partial charge in [0.1, 0.15) is 11.5 Å². The highest BCUT2D eigenvalue weighted by Gasteiger charge is 2.46. The van der Waals surface area contributed by atoms with Crippen molar-refractivity contribution in [1.82, 2.24) is 16.1 Å². The topological polar surface area (TPSA) is 91.8 Å². The largest absolute Gasteiger partial charge is 0.435 e. The standard InChI is InChI=1S/C19H24FIN4O3/c1-11(23-17(26)22-2)9-12-5-7-19(8-6-12)16(24-25-18(27)28-19)14-4-3-13(20)10-15(14)21/h3-4,10-12H,5-9H2,1-2H3,(H,25,27)(H2,22,23,26)/t11-,12?,19?/m0/s1. The van der Waals surface area contributed by atoms with Gasteiger partial charge in [0, 0.05) is 22.2 Å². The molecule has 2 aliphatic rings. The Kier molecular flexibility index (Phi) is 6.41. The lowest BCUT2D eigenvalue weighted by atomic mass is 9.73. The first-order chi connectivity index (χ1) is 13.3. The lowest BCUT2D eigenvalue weighted by molar-refractivity contribution is 0.0155. The summed E-state index contributed by atoms with van der Waals surface area (Å²) < 4.78 is 20.0. The van der Waals surface area contributed by atoms with Gasteiger partial charge in [0.15, 0.2) is 5.60 Å². The predicted molar refractivity (Wildman–Crippen MR) is 112 cm³/mol. The first kappa shape index (κ1) is 20.8. The molecule has 0 aromatic heterocycles. The van der Waals surface area contributed by atoms with Crippen LogP contribution in [0.3, 0.4) is 0 Å². The number of hydrazone groups is 1. The molecule has 1 saturated carbocycles. The van der Waals surface area contributed by atoms with E-state index in [9.17, 15) is 14.0 Å².